The van der Waals surface area contributed by atoms with Crippen LogP contribution in [0.3, 0.4) is 0 Å². The van der Waals surface area contributed by atoms with Crippen molar-refractivity contribution < 1.29 is 9.53 Å². The number of hydrogen-bond donors (Lipinski definition) is 2. The van der Waals surface area contributed by atoms with Crippen LogP contribution in [0, 0.1) is 0 Å². The molecule has 3 rings (SSSR count). The predicted molar refractivity (Wildman–Crippen MR) is 123 cm³/mol. The first kappa shape index (κ1) is 22.7. The van der Waals surface area contributed by atoms with Crippen LogP contribution in [0.4, 0.5) is 9.93 Å². The van der Waals surface area contributed by atoms with Gasteiger partial charge in [-0.3, -0.25) is 4.99 Å². The van der Waals surface area contributed by atoms with Gasteiger partial charge in [-0.05, 0) is 46.5 Å². The number of aliphatic imine (C=N–C) groups is 1. The normalized spacial score (nSPS) is 20.4. The second kappa shape index (κ2) is 10.3. The van der Waals surface area contributed by atoms with Crippen LogP contribution < -0.4 is 15.5 Å². The Kier molecular flexibility index (Phi) is 7.80. The van der Waals surface area contributed by atoms with Crippen LogP contribution in [0.1, 0.15) is 52.1 Å². The van der Waals surface area contributed by atoms with Gasteiger partial charge in [0.1, 0.15) is 5.60 Å². The van der Waals surface area contributed by atoms with Gasteiger partial charge in [-0.15, -0.1) is 11.3 Å². The quantitative estimate of drug-likeness (QED) is 0.546. The van der Waals surface area contributed by atoms with Crippen LogP contribution in [-0.2, 0) is 11.2 Å². The zero-order valence-electron chi connectivity index (χ0n) is 18.7. The molecule has 2 saturated heterocycles. The molecule has 1 atom stereocenters. The Morgan fingerprint density at radius 2 is 2.07 bits per heavy atom. The Hall–Kier alpha value is -2.03. The van der Waals surface area contributed by atoms with Gasteiger partial charge in [-0.2, -0.15) is 0 Å². The average molecular weight is 437 g/mol. The highest BCUT2D eigenvalue weighted by Gasteiger charge is 2.28. The second-order valence-electron chi connectivity index (χ2n) is 8.97. The molecule has 168 valence electrons. The van der Waals surface area contributed by atoms with E-state index in [0.717, 1.165) is 62.2 Å². The van der Waals surface area contributed by atoms with Gasteiger partial charge in [0.05, 0.1) is 5.69 Å². The molecule has 0 radical (unpaired) electrons. The first-order chi connectivity index (χ1) is 14.3. The van der Waals surface area contributed by atoms with Crippen molar-refractivity contribution >= 4 is 28.5 Å². The maximum Gasteiger partial charge on any atom is 0.410 e. The van der Waals surface area contributed by atoms with Crippen molar-refractivity contribution in [3.05, 3.63) is 11.1 Å². The van der Waals surface area contributed by atoms with E-state index in [1.807, 2.05) is 20.8 Å². The highest BCUT2D eigenvalue weighted by molar-refractivity contribution is 7.13. The van der Waals surface area contributed by atoms with Crippen LogP contribution in [0.5, 0.6) is 0 Å². The lowest BCUT2D eigenvalue weighted by molar-refractivity contribution is 0.0193. The highest BCUT2D eigenvalue weighted by atomic mass is 32.1. The number of rotatable bonds is 5. The van der Waals surface area contributed by atoms with E-state index in [0.29, 0.717) is 6.54 Å². The van der Waals surface area contributed by atoms with E-state index < -0.39 is 5.60 Å². The smallest absolute Gasteiger partial charge is 0.410 e. The van der Waals surface area contributed by atoms with E-state index in [1.54, 1.807) is 23.3 Å². The molecule has 1 aromatic heterocycles. The summed E-state index contributed by atoms with van der Waals surface area (Å²) >= 11 is 1.74. The third-order valence-electron chi connectivity index (χ3n) is 5.23. The lowest BCUT2D eigenvalue weighted by Gasteiger charge is -2.35. The van der Waals surface area contributed by atoms with Gasteiger partial charge in [0, 0.05) is 57.6 Å². The molecule has 1 amide bonds. The number of nitrogens with zero attached hydrogens (tertiary/aromatic N) is 4. The minimum absolute atomic E-state index is 0.165. The molecule has 2 fully saturated rings. The molecule has 2 aliphatic rings. The Bertz CT molecular complexity index is 723. The maximum atomic E-state index is 12.4. The monoisotopic (exact) mass is 436 g/mol. The molecule has 2 aliphatic heterocycles. The van der Waals surface area contributed by atoms with Crippen molar-refractivity contribution in [3.8, 4) is 0 Å². The maximum absolute atomic E-state index is 12.4. The van der Waals surface area contributed by atoms with Crippen molar-refractivity contribution in [2.24, 2.45) is 4.99 Å². The average Bonchev–Trinajstić information content (AvgIpc) is 3.38. The summed E-state index contributed by atoms with van der Waals surface area (Å²) < 4.78 is 5.51. The van der Waals surface area contributed by atoms with Crippen molar-refractivity contribution in [3.63, 3.8) is 0 Å². The molecule has 30 heavy (non-hydrogen) atoms. The summed E-state index contributed by atoms with van der Waals surface area (Å²) in [5.74, 6) is 0.765. The number of thiazole rings is 1. The lowest BCUT2D eigenvalue weighted by Crippen LogP contribution is -2.53. The number of carbonyl (C=O) groups excluding carboxylic acids is 1. The number of guanidine groups is 1. The van der Waals surface area contributed by atoms with Gasteiger partial charge in [0.15, 0.2) is 11.1 Å². The standard InChI is InChI=1S/C21H36N6O2S/c1-21(2,3)29-20(28)27-13-7-8-16(14-27)24-18(22-4)23-10-9-17-15-30-19(25-17)26-11-5-6-12-26/h15-16H,5-14H2,1-4H3,(H2,22,23,24). The molecule has 0 bridgehead atoms. The molecule has 2 N–H and O–H groups in total. The summed E-state index contributed by atoms with van der Waals surface area (Å²) in [6.45, 7) is 10.1. The first-order valence-electron chi connectivity index (χ1n) is 11.0. The number of carbonyl (C=O) groups is 1. The SMILES string of the molecule is CN=C(NCCc1csc(N2CCCC2)n1)NC1CCCN(C(=O)OC(C)(C)C)C1. The predicted octanol–water partition coefficient (Wildman–Crippen LogP) is 2.85. The van der Waals surface area contributed by atoms with Gasteiger partial charge in [-0.25, -0.2) is 9.78 Å². The summed E-state index contributed by atoms with van der Waals surface area (Å²) in [4.78, 5) is 25.6. The van der Waals surface area contributed by atoms with Gasteiger partial charge in [-0.1, -0.05) is 0 Å². The van der Waals surface area contributed by atoms with Crippen LogP contribution in [0.2, 0.25) is 0 Å². The molecule has 3 heterocycles. The highest BCUT2D eigenvalue weighted by Crippen LogP contribution is 2.24. The van der Waals surface area contributed by atoms with E-state index in [2.05, 4.69) is 25.9 Å². The summed E-state index contributed by atoms with van der Waals surface area (Å²) in [6.07, 6.45) is 5.11. The van der Waals surface area contributed by atoms with E-state index in [9.17, 15) is 4.79 Å². The largest absolute Gasteiger partial charge is 0.444 e. The van der Waals surface area contributed by atoms with Crippen LogP contribution in [0.15, 0.2) is 10.4 Å². The zero-order valence-corrected chi connectivity index (χ0v) is 19.6. The Labute approximate surface area is 184 Å². The van der Waals surface area contributed by atoms with Crippen molar-refractivity contribution in [1.29, 1.82) is 0 Å². The zero-order chi connectivity index (χ0) is 21.6. The minimum atomic E-state index is -0.473. The Morgan fingerprint density at radius 3 is 2.77 bits per heavy atom. The van der Waals surface area contributed by atoms with E-state index in [4.69, 9.17) is 9.72 Å². The summed E-state index contributed by atoms with van der Waals surface area (Å²) in [6, 6.07) is 0.165. The number of aromatic nitrogens is 1. The third kappa shape index (κ3) is 6.75. The number of ether oxygens (including phenoxy) is 1. The summed E-state index contributed by atoms with van der Waals surface area (Å²) in [7, 11) is 1.78. The molecule has 0 spiro atoms. The number of nitrogens with one attached hydrogen (secondary N) is 2. The lowest BCUT2D eigenvalue weighted by atomic mass is 10.1. The minimum Gasteiger partial charge on any atom is -0.444 e. The third-order valence-corrected chi connectivity index (χ3v) is 6.18. The number of likely N-dealkylation sites (tertiary alicyclic amines) is 1. The number of anilines is 1. The molecule has 0 aromatic carbocycles. The molecule has 1 aromatic rings. The van der Waals surface area contributed by atoms with Crippen LogP contribution in [0.25, 0.3) is 0 Å². The fraction of sp³-hybridized carbons (Fsp3) is 0.762. The number of amides is 1. The Balaban J connectivity index is 1.42. The first-order valence-corrected chi connectivity index (χ1v) is 11.9. The van der Waals surface area contributed by atoms with Gasteiger partial charge in [0.2, 0.25) is 0 Å². The van der Waals surface area contributed by atoms with Crippen LogP contribution >= 0.6 is 11.3 Å². The topological polar surface area (TPSA) is 82.1 Å². The molecule has 0 saturated carbocycles. The molecule has 9 heteroatoms. The van der Waals surface area contributed by atoms with Crippen molar-refractivity contribution in [2.45, 2.75) is 64.5 Å². The van der Waals surface area contributed by atoms with Crippen molar-refractivity contribution in [1.82, 2.24) is 20.5 Å². The van der Waals surface area contributed by atoms with E-state index in [1.165, 1.54) is 12.8 Å². The second-order valence-corrected chi connectivity index (χ2v) is 9.81. The van der Waals surface area contributed by atoms with Gasteiger partial charge in [0.25, 0.3) is 0 Å². The van der Waals surface area contributed by atoms with Gasteiger partial charge < -0.3 is 25.2 Å². The fourth-order valence-corrected chi connectivity index (χ4v) is 4.66. The van der Waals surface area contributed by atoms with Crippen LogP contribution in [-0.4, -0.2) is 73.4 Å². The molecular weight excluding hydrogens is 400 g/mol. The molecule has 1 unspecified atom stereocenters. The van der Waals surface area contributed by atoms with E-state index in [-0.39, 0.29) is 12.1 Å². The molecule has 8 nitrogen and oxygen atoms in total. The van der Waals surface area contributed by atoms with Gasteiger partial charge >= 0.3 is 6.09 Å². The molecular formula is C21H36N6O2S. The van der Waals surface area contributed by atoms with E-state index >= 15 is 0 Å². The fourth-order valence-electron chi connectivity index (χ4n) is 3.75. The molecule has 0 aliphatic carbocycles. The number of hydrogen-bond acceptors (Lipinski definition) is 6. The summed E-state index contributed by atoms with van der Waals surface area (Å²) in [5.41, 5.74) is 0.651. The number of piperidine rings is 1. The van der Waals surface area contributed by atoms with Crippen molar-refractivity contribution in [2.75, 3.05) is 44.7 Å². The Morgan fingerprint density at radius 1 is 1.30 bits per heavy atom. The summed E-state index contributed by atoms with van der Waals surface area (Å²) in [5, 5.41) is 10.1.